The summed E-state index contributed by atoms with van der Waals surface area (Å²) in [5.41, 5.74) is 1.28. The minimum atomic E-state index is -0.803. The van der Waals surface area contributed by atoms with Crippen molar-refractivity contribution in [3.63, 3.8) is 0 Å². The Morgan fingerprint density at radius 1 is 1.27 bits per heavy atom. The molecule has 0 aliphatic rings. The van der Waals surface area contributed by atoms with E-state index in [9.17, 15) is 14.9 Å². The van der Waals surface area contributed by atoms with E-state index in [-0.39, 0.29) is 22.1 Å². The molecule has 0 fully saturated rings. The maximum atomic E-state index is 13.1. The number of nitro groups is 1. The number of hydrogen-bond acceptors (Lipinski definition) is 5. The number of Topliss-reactive ketones (excluding diaryl/α,β-unsaturated/α-hetero) is 1. The van der Waals surface area contributed by atoms with Crippen molar-refractivity contribution in [3.05, 3.63) is 70.0 Å². The van der Waals surface area contributed by atoms with Crippen molar-refractivity contribution < 1.29 is 14.3 Å². The second-order valence-corrected chi connectivity index (χ2v) is 6.21. The molecule has 0 aliphatic heterocycles. The monoisotopic (exact) mass is 371 g/mol. The van der Waals surface area contributed by atoms with Crippen molar-refractivity contribution in [1.29, 1.82) is 0 Å². The molecule has 1 heterocycles. The summed E-state index contributed by atoms with van der Waals surface area (Å²) in [6, 6.07) is 8.78. The second-order valence-electron chi connectivity index (χ2n) is 5.79. The fraction of sp³-hybridized carbons (Fsp3) is 0.316. The van der Waals surface area contributed by atoms with Gasteiger partial charge >= 0.3 is 0 Å². The summed E-state index contributed by atoms with van der Waals surface area (Å²) in [5.74, 6) is -0.316. The molecule has 0 unspecified atom stereocenters. The largest absolute Gasteiger partial charge is 0.758 e. The van der Waals surface area contributed by atoms with E-state index < -0.39 is 11.0 Å². The lowest BCUT2D eigenvalue weighted by Crippen LogP contribution is -2.47. The number of aliphatic imine (C=N–C) groups is 1. The van der Waals surface area contributed by atoms with Crippen molar-refractivity contribution >= 4 is 29.1 Å². The van der Waals surface area contributed by atoms with Gasteiger partial charge in [-0.2, -0.15) is 4.57 Å². The van der Waals surface area contributed by atoms with Gasteiger partial charge < -0.3 is 17.6 Å². The molecule has 2 aromatic rings. The van der Waals surface area contributed by atoms with Crippen LogP contribution in [0.4, 0.5) is 5.69 Å². The van der Waals surface area contributed by atoms with E-state index in [1.54, 1.807) is 10.6 Å². The minimum Gasteiger partial charge on any atom is -0.758 e. The van der Waals surface area contributed by atoms with Gasteiger partial charge in [0.15, 0.2) is 12.4 Å². The molecule has 0 saturated carbocycles. The summed E-state index contributed by atoms with van der Waals surface area (Å²) in [4.78, 5) is 27.8. The highest BCUT2D eigenvalue weighted by molar-refractivity contribution is 7.77. The van der Waals surface area contributed by atoms with Gasteiger partial charge in [0.1, 0.15) is 0 Å². The fourth-order valence-corrected chi connectivity index (χ4v) is 3.00. The summed E-state index contributed by atoms with van der Waals surface area (Å²) in [6.07, 6.45) is 5.60. The number of hydrogen-bond donors (Lipinski definition) is 0. The van der Waals surface area contributed by atoms with Crippen molar-refractivity contribution in [3.8, 4) is 0 Å². The molecule has 0 radical (unpaired) electrons. The predicted molar refractivity (Wildman–Crippen MR) is 102 cm³/mol. The molecule has 7 heteroatoms. The molecular formula is C19H21N3O3S. The van der Waals surface area contributed by atoms with E-state index in [0.717, 1.165) is 12.8 Å². The first-order valence-electron chi connectivity index (χ1n) is 8.47. The molecule has 136 valence electrons. The number of non-ortho nitro benzene ring substituents is 1. The Labute approximate surface area is 158 Å². The molecule has 2 rings (SSSR count). The van der Waals surface area contributed by atoms with Gasteiger partial charge in [-0.3, -0.25) is 14.9 Å². The van der Waals surface area contributed by atoms with Gasteiger partial charge in [0.05, 0.1) is 4.92 Å². The highest BCUT2D eigenvalue weighted by Gasteiger charge is 2.29. The smallest absolute Gasteiger partial charge is 0.270 e. The number of ketones is 1. The van der Waals surface area contributed by atoms with Gasteiger partial charge in [0.2, 0.25) is 11.8 Å². The van der Waals surface area contributed by atoms with E-state index in [4.69, 9.17) is 12.6 Å². The minimum absolute atomic E-state index is 0.128. The zero-order valence-corrected chi connectivity index (χ0v) is 15.6. The number of aryl methyl sites for hydroxylation is 1. The van der Waals surface area contributed by atoms with Crippen LogP contribution in [0.25, 0.3) is 0 Å². The quantitative estimate of drug-likeness (QED) is 0.136. The number of pyridine rings is 1. The average Bonchev–Trinajstić information content (AvgIpc) is 2.64. The molecule has 26 heavy (non-hydrogen) atoms. The van der Waals surface area contributed by atoms with Gasteiger partial charge in [-0.1, -0.05) is 25.5 Å². The first-order chi connectivity index (χ1) is 12.5. The number of carbonyl (C=O) groups excluding carboxylic acids is 1. The van der Waals surface area contributed by atoms with Crippen LogP contribution in [0.3, 0.4) is 0 Å². The van der Waals surface area contributed by atoms with E-state index in [1.165, 1.54) is 23.8 Å². The van der Waals surface area contributed by atoms with E-state index in [0.29, 0.717) is 6.54 Å². The van der Waals surface area contributed by atoms with E-state index >= 15 is 0 Å². The van der Waals surface area contributed by atoms with Crippen LogP contribution >= 0.6 is 0 Å². The fourth-order valence-electron chi connectivity index (χ4n) is 2.64. The Bertz CT molecular complexity index is 819. The van der Waals surface area contributed by atoms with Crippen LogP contribution in [0.15, 0.2) is 53.8 Å². The standard InChI is InChI=1S/C19H21N3O3S/c1-3-6-14-9-11-21(12-10-14)17(19(26)20-4-2)18(23)15-7-5-8-16(13-15)22(24)25/h5,7-13,17H,3-4,6H2,1-2H3/t17-/m1/s1. The van der Waals surface area contributed by atoms with Crippen molar-refractivity contribution in [1.82, 2.24) is 0 Å². The molecule has 0 aliphatic carbocycles. The van der Waals surface area contributed by atoms with Gasteiger partial charge in [-0.25, -0.2) is 0 Å². The Balaban J connectivity index is 2.44. The SMILES string of the molecule is CCCc1cc[n+]([C@H](C(=O)c2cccc([N+](=O)[O-])c2)C([S-])=NCC)cc1. The molecule has 1 aromatic heterocycles. The van der Waals surface area contributed by atoms with Gasteiger partial charge in [-0.15, -0.1) is 0 Å². The summed E-state index contributed by atoms with van der Waals surface area (Å²) >= 11 is 5.36. The van der Waals surface area contributed by atoms with Crippen molar-refractivity contribution in [2.75, 3.05) is 6.54 Å². The molecule has 1 atom stereocenters. The maximum absolute atomic E-state index is 13.1. The molecule has 0 saturated heterocycles. The lowest BCUT2D eigenvalue weighted by molar-refractivity contribution is -0.692. The van der Waals surface area contributed by atoms with Gasteiger partial charge in [-0.05, 0) is 24.0 Å². The summed E-state index contributed by atoms with van der Waals surface area (Å²) < 4.78 is 1.71. The third-order valence-corrected chi connectivity index (χ3v) is 4.25. The van der Waals surface area contributed by atoms with Crippen LogP contribution < -0.4 is 4.57 Å². The normalized spacial score (nSPS) is 12.6. The second kappa shape index (κ2) is 9.15. The van der Waals surface area contributed by atoms with Crippen LogP contribution in [-0.4, -0.2) is 22.3 Å². The molecular weight excluding hydrogens is 350 g/mol. The Morgan fingerprint density at radius 2 is 1.96 bits per heavy atom. The zero-order valence-electron chi connectivity index (χ0n) is 14.8. The first kappa shape index (κ1) is 19.7. The molecule has 0 bridgehead atoms. The third-order valence-electron chi connectivity index (χ3n) is 3.90. The number of nitro benzene ring substituents is 1. The highest BCUT2D eigenvalue weighted by Crippen LogP contribution is 2.18. The Hall–Kier alpha value is -2.67. The van der Waals surface area contributed by atoms with Crippen LogP contribution in [0.1, 0.15) is 42.2 Å². The lowest BCUT2D eigenvalue weighted by atomic mass is 10.0. The number of nitrogens with zero attached hydrogens (tertiary/aromatic N) is 3. The van der Waals surface area contributed by atoms with Crippen LogP contribution in [0.5, 0.6) is 0 Å². The number of benzene rings is 1. The van der Waals surface area contributed by atoms with Crippen LogP contribution in [0.2, 0.25) is 0 Å². The average molecular weight is 371 g/mol. The lowest BCUT2D eigenvalue weighted by Gasteiger charge is -2.18. The number of aromatic nitrogens is 1. The molecule has 0 amide bonds. The zero-order chi connectivity index (χ0) is 19.1. The first-order valence-corrected chi connectivity index (χ1v) is 8.88. The van der Waals surface area contributed by atoms with Crippen molar-refractivity contribution in [2.24, 2.45) is 4.99 Å². The van der Waals surface area contributed by atoms with Crippen molar-refractivity contribution in [2.45, 2.75) is 32.7 Å². The maximum Gasteiger partial charge on any atom is 0.270 e. The highest BCUT2D eigenvalue weighted by atomic mass is 32.1. The molecule has 6 nitrogen and oxygen atoms in total. The van der Waals surface area contributed by atoms with E-state index in [1.807, 2.05) is 31.5 Å². The Morgan fingerprint density at radius 3 is 2.54 bits per heavy atom. The third kappa shape index (κ3) is 4.70. The predicted octanol–water partition coefficient (Wildman–Crippen LogP) is 3.22. The summed E-state index contributed by atoms with van der Waals surface area (Å²) in [6.45, 7) is 4.41. The number of carbonyl (C=O) groups is 1. The van der Waals surface area contributed by atoms with Crippen LogP contribution in [-0.2, 0) is 19.0 Å². The summed E-state index contributed by atoms with van der Waals surface area (Å²) in [5, 5.41) is 11.3. The van der Waals surface area contributed by atoms with Crippen LogP contribution in [0, 0.1) is 10.1 Å². The molecule has 0 spiro atoms. The number of rotatable bonds is 8. The summed E-state index contributed by atoms with van der Waals surface area (Å²) in [7, 11) is 0. The topological polar surface area (TPSA) is 76.5 Å². The molecule has 0 N–H and O–H groups in total. The van der Waals surface area contributed by atoms with Gasteiger partial charge in [0.25, 0.3) is 5.69 Å². The Kier molecular flexibility index (Phi) is 6.91. The molecule has 1 aromatic carbocycles. The van der Waals surface area contributed by atoms with Gasteiger partial charge in [0, 0.05) is 36.4 Å². The van der Waals surface area contributed by atoms with E-state index in [2.05, 4.69) is 11.9 Å².